The molecule has 118 valence electrons. The van der Waals surface area contributed by atoms with Gasteiger partial charge in [-0.25, -0.2) is 0 Å². The first-order valence-corrected chi connectivity index (χ1v) is 7.35. The zero-order valence-electron chi connectivity index (χ0n) is 13.0. The molecule has 1 aromatic rings. The Bertz CT molecular complexity index is 462. The molecule has 0 aliphatic carbocycles. The van der Waals surface area contributed by atoms with Crippen LogP contribution < -0.4 is 15.2 Å². The smallest absolute Gasteiger partial charge is 0.307 e. The molecular weight excluding hydrogens is 270 g/mol. The summed E-state index contributed by atoms with van der Waals surface area (Å²) in [5.41, 5.74) is 6.51. The highest BCUT2D eigenvalue weighted by molar-refractivity contribution is 5.70. The van der Waals surface area contributed by atoms with E-state index < -0.39 is 11.9 Å². The lowest BCUT2D eigenvalue weighted by molar-refractivity contribution is -0.141. The van der Waals surface area contributed by atoms with E-state index in [1.807, 2.05) is 39.0 Å². The zero-order chi connectivity index (χ0) is 15.8. The highest BCUT2D eigenvalue weighted by Gasteiger charge is 2.22. The van der Waals surface area contributed by atoms with Crippen LogP contribution >= 0.6 is 0 Å². The second kappa shape index (κ2) is 8.52. The molecule has 0 amide bonds. The molecule has 0 fully saturated rings. The van der Waals surface area contributed by atoms with Gasteiger partial charge in [-0.1, -0.05) is 13.0 Å². The topological polar surface area (TPSA) is 81.8 Å². The second-order valence-electron chi connectivity index (χ2n) is 4.97. The standard InChI is InChI=1S/C16H25NO4/c1-4-20-13-6-7-14(15(9-13)21-5-2)11(3)8-12(10-17)16(18)19/h6-7,9,11-12H,4-5,8,10,17H2,1-3H3,(H,18,19). The molecule has 0 spiro atoms. The third kappa shape index (κ3) is 4.93. The van der Waals surface area contributed by atoms with E-state index in [4.69, 9.17) is 20.3 Å². The van der Waals surface area contributed by atoms with Gasteiger partial charge in [-0.2, -0.15) is 0 Å². The van der Waals surface area contributed by atoms with Gasteiger partial charge in [0.2, 0.25) is 0 Å². The van der Waals surface area contributed by atoms with E-state index in [0.717, 1.165) is 17.1 Å². The number of ether oxygens (including phenoxy) is 2. The minimum absolute atomic E-state index is 0.0480. The van der Waals surface area contributed by atoms with Crippen LogP contribution in [0.3, 0.4) is 0 Å². The Morgan fingerprint density at radius 3 is 2.48 bits per heavy atom. The number of benzene rings is 1. The van der Waals surface area contributed by atoms with Crippen molar-refractivity contribution in [1.29, 1.82) is 0 Å². The lowest BCUT2D eigenvalue weighted by Crippen LogP contribution is -2.24. The largest absolute Gasteiger partial charge is 0.494 e. The summed E-state index contributed by atoms with van der Waals surface area (Å²) in [6.45, 7) is 7.12. The van der Waals surface area contributed by atoms with Gasteiger partial charge in [0, 0.05) is 12.6 Å². The Hall–Kier alpha value is -1.75. The van der Waals surface area contributed by atoms with E-state index >= 15 is 0 Å². The van der Waals surface area contributed by atoms with Crippen LogP contribution in [0.15, 0.2) is 18.2 Å². The van der Waals surface area contributed by atoms with Crippen LogP contribution in [0.2, 0.25) is 0 Å². The van der Waals surface area contributed by atoms with Crippen molar-refractivity contribution in [3.8, 4) is 11.5 Å². The quantitative estimate of drug-likeness (QED) is 0.732. The van der Waals surface area contributed by atoms with Crippen LogP contribution in [0.25, 0.3) is 0 Å². The van der Waals surface area contributed by atoms with Crippen molar-refractivity contribution in [3.05, 3.63) is 23.8 Å². The van der Waals surface area contributed by atoms with Gasteiger partial charge in [-0.3, -0.25) is 4.79 Å². The molecular formula is C16H25NO4. The summed E-state index contributed by atoms with van der Waals surface area (Å²) in [6, 6.07) is 5.68. The summed E-state index contributed by atoms with van der Waals surface area (Å²) in [5.74, 6) is 0.156. The maximum Gasteiger partial charge on any atom is 0.307 e. The lowest BCUT2D eigenvalue weighted by Gasteiger charge is -2.20. The molecule has 1 aromatic carbocycles. The highest BCUT2D eigenvalue weighted by Crippen LogP contribution is 2.34. The molecule has 5 nitrogen and oxygen atoms in total. The molecule has 0 aliphatic rings. The van der Waals surface area contributed by atoms with Gasteiger partial charge in [0.05, 0.1) is 19.1 Å². The van der Waals surface area contributed by atoms with E-state index in [1.165, 1.54) is 0 Å². The first kappa shape index (κ1) is 17.3. The Labute approximate surface area is 126 Å². The third-order valence-corrected chi connectivity index (χ3v) is 3.40. The van der Waals surface area contributed by atoms with Gasteiger partial charge in [-0.05, 0) is 37.8 Å². The Morgan fingerprint density at radius 1 is 1.29 bits per heavy atom. The second-order valence-corrected chi connectivity index (χ2v) is 4.97. The highest BCUT2D eigenvalue weighted by atomic mass is 16.5. The van der Waals surface area contributed by atoms with Crippen LogP contribution in [0, 0.1) is 5.92 Å². The van der Waals surface area contributed by atoms with Crippen LogP contribution in [-0.2, 0) is 4.79 Å². The van der Waals surface area contributed by atoms with E-state index in [1.54, 1.807) is 0 Å². The van der Waals surface area contributed by atoms with Crippen LogP contribution in [-0.4, -0.2) is 30.8 Å². The maximum absolute atomic E-state index is 11.1. The van der Waals surface area contributed by atoms with Gasteiger partial charge in [0.1, 0.15) is 11.5 Å². The monoisotopic (exact) mass is 295 g/mol. The van der Waals surface area contributed by atoms with E-state index in [9.17, 15) is 4.79 Å². The van der Waals surface area contributed by atoms with Crippen molar-refractivity contribution in [2.75, 3.05) is 19.8 Å². The lowest BCUT2D eigenvalue weighted by atomic mass is 9.89. The van der Waals surface area contributed by atoms with Crippen LogP contribution in [0.5, 0.6) is 11.5 Å². The minimum atomic E-state index is -0.853. The number of hydrogen-bond acceptors (Lipinski definition) is 4. The molecule has 0 radical (unpaired) electrons. The average Bonchev–Trinajstić information content (AvgIpc) is 2.45. The number of nitrogens with two attached hydrogens (primary N) is 1. The predicted molar refractivity (Wildman–Crippen MR) is 82.0 cm³/mol. The molecule has 0 saturated heterocycles. The molecule has 1 rings (SSSR count). The number of carboxylic acids is 1. The summed E-state index contributed by atoms with van der Waals surface area (Å²) in [6.07, 6.45) is 0.486. The Balaban J connectivity index is 2.96. The van der Waals surface area contributed by atoms with Crippen molar-refractivity contribution in [1.82, 2.24) is 0 Å². The van der Waals surface area contributed by atoms with Gasteiger partial charge in [0.25, 0.3) is 0 Å². The first-order valence-electron chi connectivity index (χ1n) is 7.35. The van der Waals surface area contributed by atoms with Gasteiger partial charge in [0.15, 0.2) is 0 Å². The summed E-state index contributed by atoms with van der Waals surface area (Å²) in [5, 5.41) is 9.12. The van der Waals surface area contributed by atoms with Crippen molar-refractivity contribution < 1.29 is 19.4 Å². The van der Waals surface area contributed by atoms with E-state index in [2.05, 4.69) is 0 Å². The molecule has 0 saturated carbocycles. The molecule has 2 unspecified atom stereocenters. The fraction of sp³-hybridized carbons (Fsp3) is 0.562. The third-order valence-electron chi connectivity index (χ3n) is 3.40. The summed E-state index contributed by atoms with van der Waals surface area (Å²) < 4.78 is 11.1. The Morgan fingerprint density at radius 2 is 1.95 bits per heavy atom. The van der Waals surface area contributed by atoms with Crippen LogP contribution in [0.1, 0.15) is 38.7 Å². The number of carboxylic acid groups (broad SMARTS) is 1. The van der Waals surface area contributed by atoms with E-state index in [0.29, 0.717) is 19.6 Å². The minimum Gasteiger partial charge on any atom is -0.494 e. The van der Waals surface area contributed by atoms with Gasteiger partial charge >= 0.3 is 5.97 Å². The zero-order valence-corrected chi connectivity index (χ0v) is 13.0. The molecule has 0 aliphatic heterocycles. The molecule has 5 heteroatoms. The van der Waals surface area contributed by atoms with Gasteiger partial charge < -0.3 is 20.3 Å². The molecule has 3 N–H and O–H groups in total. The molecule has 0 heterocycles. The SMILES string of the molecule is CCOc1ccc(C(C)CC(CN)C(=O)O)c(OCC)c1. The van der Waals surface area contributed by atoms with Crippen LogP contribution in [0.4, 0.5) is 0 Å². The molecule has 0 aromatic heterocycles. The predicted octanol–water partition coefficient (Wildman–Crippen LogP) is 2.64. The Kier molecular flexibility index (Phi) is 7.02. The van der Waals surface area contributed by atoms with Crippen molar-refractivity contribution in [3.63, 3.8) is 0 Å². The summed E-state index contributed by atoms with van der Waals surface area (Å²) >= 11 is 0. The molecule has 21 heavy (non-hydrogen) atoms. The number of hydrogen-bond donors (Lipinski definition) is 2. The average molecular weight is 295 g/mol. The van der Waals surface area contributed by atoms with Crippen molar-refractivity contribution in [2.24, 2.45) is 11.7 Å². The number of rotatable bonds is 9. The van der Waals surface area contributed by atoms with Gasteiger partial charge in [-0.15, -0.1) is 0 Å². The fourth-order valence-corrected chi connectivity index (χ4v) is 2.31. The molecule has 2 atom stereocenters. The summed E-state index contributed by atoms with van der Waals surface area (Å²) in [7, 11) is 0. The van der Waals surface area contributed by atoms with E-state index in [-0.39, 0.29) is 12.5 Å². The van der Waals surface area contributed by atoms with Crippen molar-refractivity contribution >= 4 is 5.97 Å². The summed E-state index contributed by atoms with van der Waals surface area (Å²) in [4.78, 5) is 11.1. The van der Waals surface area contributed by atoms with Crippen molar-refractivity contribution in [2.45, 2.75) is 33.1 Å². The number of carbonyl (C=O) groups is 1. The maximum atomic E-state index is 11.1. The fourth-order valence-electron chi connectivity index (χ4n) is 2.31. The molecule has 0 bridgehead atoms. The normalized spacial score (nSPS) is 13.5. The number of aliphatic carboxylic acids is 1. The first-order chi connectivity index (χ1) is 10.0.